The van der Waals surface area contributed by atoms with Crippen LogP contribution in [-0.4, -0.2) is 15.7 Å². The summed E-state index contributed by atoms with van der Waals surface area (Å²) in [5.74, 6) is 0.657. The van der Waals surface area contributed by atoms with Crippen LogP contribution in [-0.2, 0) is 0 Å². The molecule has 4 radical (unpaired) electrons. The molecule has 22 valence electrons. The molecular weight excluding hydrogens is 57.7 g/mol. The van der Waals surface area contributed by atoms with Crippen LogP contribution in [0.1, 0.15) is 6.42 Å². The van der Waals surface area contributed by atoms with Crippen molar-refractivity contribution in [3.05, 3.63) is 0 Å². The molecule has 2 unspecified atom stereocenters. The quantitative estimate of drug-likeness (QED) is 0.354. The lowest BCUT2D eigenvalue weighted by atomic mass is 9.91. The molecule has 1 saturated carbocycles. The van der Waals surface area contributed by atoms with Crippen LogP contribution in [0.25, 0.3) is 0 Å². The molecule has 5 heavy (non-hydrogen) atoms. The summed E-state index contributed by atoms with van der Waals surface area (Å²) >= 11 is 0. The van der Waals surface area contributed by atoms with Gasteiger partial charge in [-0.2, -0.15) is 0 Å². The SMILES string of the molecule is [B]C1CC1[B]. The highest BCUT2D eigenvalue weighted by Crippen LogP contribution is 2.44. The second-order valence-electron chi connectivity index (χ2n) is 1.56. The first kappa shape index (κ1) is 3.32. The maximum atomic E-state index is 5.24. The van der Waals surface area contributed by atoms with Crippen LogP contribution in [0.4, 0.5) is 0 Å². The summed E-state index contributed by atoms with van der Waals surface area (Å²) in [6.07, 6.45) is 1.03. The van der Waals surface area contributed by atoms with Gasteiger partial charge < -0.3 is 0 Å². The van der Waals surface area contributed by atoms with Crippen LogP contribution >= 0.6 is 0 Å². The van der Waals surface area contributed by atoms with E-state index in [0.29, 0.717) is 11.6 Å². The van der Waals surface area contributed by atoms with E-state index < -0.39 is 0 Å². The van der Waals surface area contributed by atoms with Gasteiger partial charge in [0, 0.05) is 0 Å². The third-order valence-corrected chi connectivity index (χ3v) is 0.891. The Hall–Kier alpha value is 0.130. The highest BCUT2D eigenvalue weighted by Gasteiger charge is 2.24. The van der Waals surface area contributed by atoms with Crippen LogP contribution < -0.4 is 0 Å². The minimum atomic E-state index is 0.329. The average molecular weight is 61.7 g/mol. The van der Waals surface area contributed by atoms with Crippen molar-refractivity contribution in [1.82, 2.24) is 0 Å². The van der Waals surface area contributed by atoms with Gasteiger partial charge in [0.2, 0.25) is 0 Å². The second kappa shape index (κ2) is 0.796. The second-order valence-corrected chi connectivity index (χ2v) is 1.56. The van der Waals surface area contributed by atoms with Gasteiger partial charge in [0.1, 0.15) is 0 Å². The third-order valence-electron chi connectivity index (χ3n) is 0.891. The summed E-state index contributed by atoms with van der Waals surface area (Å²) in [7, 11) is 10.5. The molecular formula is C3H4B2. The lowest BCUT2D eigenvalue weighted by Crippen LogP contribution is -1.60. The van der Waals surface area contributed by atoms with Crippen molar-refractivity contribution in [3.8, 4) is 0 Å². The monoisotopic (exact) mass is 62.0 g/mol. The van der Waals surface area contributed by atoms with E-state index >= 15 is 0 Å². The van der Waals surface area contributed by atoms with Crippen LogP contribution in [0.3, 0.4) is 0 Å². The van der Waals surface area contributed by atoms with Crippen molar-refractivity contribution in [1.29, 1.82) is 0 Å². The maximum absolute atomic E-state index is 5.24. The molecule has 0 bridgehead atoms. The zero-order valence-corrected chi connectivity index (χ0v) is 3.02. The molecule has 0 aliphatic heterocycles. The van der Waals surface area contributed by atoms with E-state index in [2.05, 4.69) is 0 Å². The van der Waals surface area contributed by atoms with E-state index in [4.69, 9.17) is 15.7 Å². The van der Waals surface area contributed by atoms with Gasteiger partial charge in [0.25, 0.3) is 0 Å². The highest BCUT2D eigenvalue weighted by atomic mass is 14.2. The Balaban J connectivity index is 2.20. The summed E-state index contributed by atoms with van der Waals surface area (Å²) in [5, 5.41) is 0. The molecule has 2 atom stereocenters. The number of hydrogen-bond acceptors (Lipinski definition) is 0. The Morgan fingerprint density at radius 2 is 1.40 bits per heavy atom. The van der Waals surface area contributed by atoms with Crippen LogP contribution in [0, 0.1) is 0 Å². The van der Waals surface area contributed by atoms with Gasteiger partial charge in [-0.05, 0) is 0 Å². The molecule has 0 amide bonds. The first-order chi connectivity index (χ1) is 2.30. The van der Waals surface area contributed by atoms with E-state index in [1.54, 1.807) is 0 Å². The maximum Gasteiger partial charge on any atom is 0.0692 e. The normalized spacial score (nSPS) is 48.8. The number of rotatable bonds is 0. The standard InChI is InChI=1S/C3H4B2/c4-2-1-3(2)5/h2-3H,1H2. The fraction of sp³-hybridized carbons (Fsp3) is 1.00. The molecule has 0 spiro atoms. The fourth-order valence-electron chi connectivity index (χ4n) is 0.236. The molecule has 0 aromatic carbocycles. The molecule has 0 saturated heterocycles. The van der Waals surface area contributed by atoms with Crippen molar-refractivity contribution in [2.24, 2.45) is 0 Å². The lowest BCUT2D eigenvalue weighted by molar-refractivity contribution is 1.46. The molecule has 1 fully saturated rings. The fourth-order valence-corrected chi connectivity index (χ4v) is 0.236. The summed E-state index contributed by atoms with van der Waals surface area (Å²) in [6, 6.07) is 0. The van der Waals surface area contributed by atoms with Gasteiger partial charge in [-0.25, -0.2) is 0 Å². The van der Waals surface area contributed by atoms with Gasteiger partial charge in [-0.3, -0.25) is 0 Å². The van der Waals surface area contributed by atoms with E-state index in [1.165, 1.54) is 0 Å². The topological polar surface area (TPSA) is 0 Å². The Morgan fingerprint density at radius 3 is 1.40 bits per heavy atom. The van der Waals surface area contributed by atoms with E-state index in [9.17, 15) is 0 Å². The largest absolute Gasteiger partial charge is 0.0827 e. The lowest BCUT2D eigenvalue weighted by Gasteiger charge is -1.66. The summed E-state index contributed by atoms with van der Waals surface area (Å²) in [5.41, 5.74) is 0. The van der Waals surface area contributed by atoms with Crippen LogP contribution in [0.5, 0.6) is 0 Å². The zero-order valence-electron chi connectivity index (χ0n) is 3.02. The van der Waals surface area contributed by atoms with Gasteiger partial charge in [0.05, 0.1) is 15.7 Å². The molecule has 0 nitrogen and oxygen atoms in total. The Morgan fingerprint density at radius 1 is 1.20 bits per heavy atom. The molecule has 0 N–H and O–H groups in total. The third kappa shape index (κ3) is 0.499. The summed E-state index contributed by atoms with van der Waals surface area (Å²) in [6.45, 7) is 0. The van der Waals surface area contributed by atoms with E-state index in [0.717, 1.165) is 6.42 Å². The van der Waals surface area contributed by atoms with E-state index in [1.807, 2.05) is 0 Å². The van der Waals surface area contributed by atoms with Gasteiger partial charge in [0.15, 0.2) is 0 Å². The molecule has 2 heteroatoms. The molecule has 0 heterocycles. The molecule has 0 aromatic rings. The molecule has 1 rings (SSSR count). The van der Waals surface area contributed by atoms with Crippen LogP contribution in [0.15, 0.2) is 0 Å². The molecule has 0 aromatic heterocycles. The predicted octanol–water partition coefficient (Wildman–Crippen LogP) is 0.304. The minimum Gasteiger partial charge on any atom is -0.0827 e. The van der Waals surface area contributed by atoms with Crippen molar-refractivity contribution < 1.29 is 0 Å². The highest BCUT2D eigenvalue weighted by molar-refractivity contribution is 6.25. The van der Waals surface area contributed by atoms with Crippen molar-refractivity contribution >= 4 is 15.7 Å². The Bertz CT molecular complexity index is 38.2. The average Bonchev–Trinajstić information content (AvgIpc) is 1.79. The van der Waals surface area contributed by atoms with Crippen molar-refractivity contribution in [2.75, 3.05) is 0 Å². The van der Waals surface area contributed by atoms with Gasteiger partial charge >= 0.3 is 0 Å². The Labute approximate surface area is 34.8 Å². The molecule has 1 aliphatic carbocycles. The van der Waals surface area contributed by atoms with Crippen molar-refractivity contribution in [3.63, 3.8) is 0 Å². The Kier molecular flexibility index (Phi) is 0.529. The van der Waals surface area contributed by atoms with E-state index in [-0.39, 0.29) is 0 Å². The minimum absolute atomic E-state index is 0.329. The first-order valence-electron chi connectivity index (χ1n) is 1.82. The first-order valence-corrected chi connectivity index (χ1v) is 1.82. The predicted molar refractivity (Wildman–Crippen MR) is 23.6 cm³/mol. The summed E-state index contributed by atoms with van der Waals surface area (Å²) < 4.78 is 0. The summed E-state index contributed by atoms with van der Waals surface area (Å²) in [4.78, 5) is 0. The smallest absolute Gasteiger partial charge is 0.0692 e. The van der Waals surface area contributed by atoms with Crippen molar-refractivity contribution in [2.45, 2.75) is 18.1 Å². The number of hydrogen-bond donors (Lipinski definition) is 0. The zero-order chi connectivity index (χ0) is 3.86. The van der Waals surface area contributed by atoms with Gasteiger partial charge in [-0.15, -0.1) is 0 Å². The van der Waals surface area contributed by atoms with Gasteiger partial charge in [-0.1, -0.05) is 18.1 Å². The van der Waals surface area contributed by atoms with Crippen LogP contribution in [0.2, 0.25) is 11.6 Å². The molecule has 1 aliphatic rings.